The number of hydrogen-bond acceptors (Lipinski definition) is 0. The molecule has 7 heterocycles. The first-order valence-electron chi connectivity index (χ1n) is 45.9. The highest BCUT2D eigenvalue weighted by molar-refractivity contribution is 6.22. The van der Waals surface area contributed by atoms with Gasteiger partial charge in [0.2, 0.25) is 0 Å². The van der Waals surface area contributed by atoms with Crippen molar-refractivity contribution in [2.45, 2.75) is 37.6 Å². The summed E-state index contributed by atoms with van der Waals surface area (Å²) < 4.78 is 18.0. The van der Waals surface area contributed by atoms with Crippen LogP contribution in [0, 0.1) is 0 Å². The van der Waals surface area contributed by atoms with Gasteiger partial charge < -0.3 is 32.0 Å². The number of nitrogens with zero attached hydrogens (tertiary/aromatic N) is 7. The van der Waals surface area contributed by atoms with Crippen molar-refractivity contribution in [2.75, 3.05) is 0 Å². The van der Waals surface area contributed by atoms with Crippen LogP contribution >= 0.6 is 0 Å². The molecule has 3 aliphatic rings. The molecule has 18 aromatic carbocycles. The van der Waals surface area contributed by atoms with Gasteiger partial charge in [0.25, 0.3) is 0 Å². The molecule has 2 atom stereocenters. The lowest BCUT2D eigenvalue weighted by atomic mass is 9.73. The quantitative estimate of drug-likeness (QED) is 0.124. The minimum atomic E-state index is -0.333. The second-order valence-corrected chi connectivity index (χ2v) is 36.2. The number of hydrogen-bond donors (Lipinski definition) is 0. The van der Waals surface area contributed by atoms with Crippen molar-refractivity contribution in [2.24, 2.45) is 0 Å². The Morgan fingerprint density at radius 2 is 0.718 bits per heavy atom. The van der Waals surface area contributed by atoms with Gasteiger partial charge in [0.1, 0.15) is 0 Å². The van der Waals surface area contributed by atoms with Gasteiger partial charge in [0, 0.05) is 127 Å². The predicted octanol–water partition coefficient (Wildman–Crippen LogP) is 31.8. The summed E-state index contributed by atoms with van der Waals surface area (Å²) in [5, 5.41) is 15.8. The van der Waals surface area contributed by atoms with E-state index in [4.69, 9.17) is 0 Å². The Hall–Kier alpha value is -16.7. The molecule has 0 N–H and O–H groups in total. The van der Waals surface area contributed by atoms with Crippen LogP contribution in [0.1, 0.15) is 52.8 Å². The molecule has 7 aromatic heterocycles. The third kappa shape index (κ3) is 10.7. The van der Waals surface area contributed by atoms with Crippen LogP contribution in [0.3, 0.4) is 0 Å². The molecule has 0 fully saturated rings. The number of para-hydroxylation sites is 11. The zero-order chi connectivity index (χ0) is 85.8. The van der Waals surface area contributed by atoms with E-state index in [2.05, 4.69) is 482 Å². The second-order valence-electron chi connectivity index (χ2n) is 36.2. The molecule has 7 heteroatoms. The Balaban J connectivity index is 0.690. The van der Waals surface area contributed by atoms with E-state index in [1.807, 2.05) is 0 Å². The Kier molecular flexibility index (Phi) is 15.9. The molecule has 7 nitrogen and oxygen atoms in total. The van der Waals surface area contributed by atoms with E-state index >= 15 is 0 Å². The summed E-state index contributed by atoms with van der Waals surface area (Å²) in [4.78, 5) is 0. The van der Waals surface area contributed by atoms with Gasteiger partial charge in [0.15, 0.2) is 0 Å². The van der Waals surface area contributed by atoms with Gasteiger partial charge in [-0.25, -0.2) is 0 Å². The SMILES string of the molecule is CC1(n2c3ccccc3c3c(-n4c5ccccc5c5ccccc54)c(C4=C(n5c6ccccc6c6ccccc65)Cc5c(n(-c6ccccc6)c6cc(-c7ccc8c9cc(-c%10cc%11c%12ccccc%12n(-c%12ccccc%12)c%11cc%10-n%10c%11ccccc%11c%11ccccc%11%10)c(C%10Cc%11ccccc%11-c%11ccccc%11%10)cc9n(-c9ccccc9)c8c7)ccc56)C=C4)ccc32)C=CC=CC1. The van der Waals surface area contributed by atoms with E-state index in [1.165, 1.54) is 159 Å². The highest BCUT2D eigenvalue weighted by atomic mass is 15.1. The fraction of sp³-hybridized carbons (Fsp3) is 0.0484. The van der Waals surface area contributed by atoms with Gasteiger partial charge in [0.05, 0.1) is 88.8 Å². The Labute approximate surface area is 755 Å². The van der Waals surface area contributed by atoms with Crippen molar-refractivity contribution in [3.63, 3.8) is 0 Å². The van der Waals surface area contributed by atoms with Crippen molar-refractivity contribution in [3.05, 3.63) is 470 Å². The predicted molar refractivity (Wildman–Crippen MR) is 550 cm³/mol. The van der Waals surface area contributed by atoms with E-state index in [0.717, 1.165) is 102 Å². The van der Waals surface area contributed by atoms with Crippen LogP contribution in [0.15, 0.2) is 437 Å². The van der Waals surface area contributed by atoms with Gasteiger partial charge >= 0.3 is 0 Å². The first-order valence-corrected chi connectivity index (χ1v) is 45.9. The summed E-state index contributed by atoms with van der Waals surface area (Å²) in [5.41, 5.74) is 37.6. The van der Waals surface area contributed by atoms with Crippen molar-refractivity contribution < 1.29 is 0 Å². The maximum absolute atomic E-state index is 2.63. The Morgan fingerprint density at radius 1 is 0.275 bits per heavy atom. The molecule has 0 spiro atoms. The standard InChI is InChI=1S/C124H83N7/c1-124(68-32-5-33-69-124)131-114-59-31-23-51-98(114)122-115(131)67-65-97(123(122)130-111-57-29-20-48-91(111)92-49-21-30-58-112(92)130)94-64-66-113-105(76-118(94)128-107-53-25-16-44-87(107)88-45-17-26-54-108(88)128)96-63-61-78(71-116(96)126(113)82-37-8-3-9-38-82)79-60-62-95-102-73-100(101(75-119(102)127(117(95)72-79)83-39-10-4-11-40-83)99-70-80-34-12-13-41-84(80)85-42-14-15-43-86(85)99)104-74-103-93-50-22-24-52-106(93)125(81-35-6-2-7-36-81)120(103)77-121(104)129-109-55-27-18-46-89(109)90-47-19-28-56-110(90)129/h2-68,71-75,77,99H,69-70,76H2,1H3. The first-order chi connectivity index (χ1) is 64.9. The Morgan fingerprint density at radius 3 is 1.30 bits per heavy atom. The average molecular weight is 1670 g/mol. The molecule has 25 aromatic rings. The monoisotopic (exact) mass is 1670 g/mol. The van der Waals surface area contributed by atoms with Crippen LogP contribution in [-0.4, -0.2) is 32.0 Å². The highest BCUT2D eigenvalue weighted by Gasteiger charge is 2.36. The number of benzene rings is 18. The zero-order valence-corrected chi connectivity index (χ0v) is 72.0. The molecule has 0 aliphatic heterocycles. The summed E-state index contributed by atoms with van der Waals surface area (Å²) in [6, 6.07) is 154. The minimum absolute atomic E-state index is 0.0264. The first kappa shape index (κ1) is 73.5. The molecule has 28 rings (SSSR count). The van der Waals surface area contributed by atoms with Gasteiger partial charge in [-0.15, -0.1) is 0 Å². The largest absolute Gasteiger partial charge is 0.331 e. The lowest BCUT2D eigenvalue weighted by Crippen LogP contribution is -2.27. The normalized spacial score (nSPS) is 15.1. The topological polar surface area (TPSA) is 34.5 Å². The number of aromatic nitrogens is 7. The van der Waals surface area contributed by atoms with Crippen LogP contribution in [0.2, 0.25) is 0 Å². The molecule has 3 aliphatic carbocycles. The lowest BCUT2D eigenvalue weighted by Gasteiger charge is -2.31. The van der Waals surface area contributed by atoms with Crippen molar-refractivity contribution in [3.8, 4) is 61.8 Å². The molecule has 614 valence electrons. The molecule has 0 saturated heterocycles. The average Bonchev–Trinajstić information content (AvgIpc) is 1.57. The second kappa shape index (κ2) is 28.4. The molecular formula is C124H83N7. The summed E-state index contributed by atoms with van der Waals surface area (Å²) in [6.07, 6.45) is 16.4. The zero-order valence-electron chi connectivity index (χ0n) is 72.0. The molecule has 0 radical (unpaired) electrons. The summed E-state index contributed by atoms with van der Waals surface area (Å²) in [6.45, 7) is 2.40. The smallest absolute Gasteiger partial charge is 0.0643 e. The molecule has 131 heavy (non-hydrogen) atoms. The number of allylic oxidation sites excluding steroid dienone is 7. The fourth-order valence-electron chi connectivity index (χ4n) is 23.7. The lowest BCUT2D eigenvalue weighted by molar-refractivity contribution is 0.437. The minimum Gasteiger partial charge on any atom is -0.331 e. The van der Waals surface area contributed by atoms with Gasteiger partial charge in [-0.1, -0.05) is 309 Å². The summed E-state index contributed by atoms with van der Waals surface area (Å²) in [7, 11) is 0. The molecule has 0 bridgehead atoms. The number of fused-ring (bicyclic) bond motifs is 24. The summed E-state index contributed by atoms with van der Waals surface area (Å²) in [5.74, 6) is -0.0264. The van der Waals surface area contributed by atoms with Crippen molar-refractivity contribution in [1.82, 2.24) is 32.0 Å². The van der Waals surface area contributed by atoms with Crippen molar-refractivity contribution in [1.29, 1.82) is 0 Å². The summed E-state index contributed by atoms with van der Waals surface area (Å²) >= 11 is 0. The molecule has 0 saturated carbocycles. The van der Waals surface area contributed by atoms with Crippen molar-refractivity contribution >= 4 is 159 Å². The van der Waals surface area contributed by atoms with Crippen LogP contribution in [0.5, 0.6) is 0 Å². The van der Waals surface area contributed by atoms with E-state index in [9.17, 15) is 0 Å². The highest BCUT2D eigenvalue weighted by Crippen LogP contribution is 2.54. The van der Waals surface area contributed by atoms with E-state index in [-0.39, 0.29) is 11.5 Å². The van der Waals surface area contributed by atoms with E-state index in [0.29, 0.717) is 6.42 Å². The molecule has 0 amide bonds. The maximum Gasteiger partial charge on any atom is 0.0643 e. The third-order valence-corrected chi connectivity index (χ3v) is 29.3. The molecule has 2 unspecified atom stereocenters. The number of rotatable bonds is 11. The van der Waals surface area contributed by atoms with Crippen LogP contribution < -0.4 is 0 Å². The van der Waals surface area contributed by atoms with E-state index in [1.54, 1.807) is 0 Å². The fourth-order valence-corrected chi connectivity index (χ4v) is 23.7. The van der Waals surface area contributed by atoms with Gasteiger partial charge in [-0.05, 0) is 203 Å². The third-order valence-electron chi connectivity index (χ3n) is 29.3. The van der Waals surface area contributed by atoms with Crippen LogP contribution in [0.4, 0.5) is 0 Å². The van der Waals surface area contributed by atoms with Crippen LogP contribution in [-0.2, 0) is 18.4 Å². The Bertz CT molecular complexity index is 9180. The van der Waals surface area contributed by atoms with Crippen LogP contribution in [0.25, 0.3) is 221 Å². The molecular weight excluding hydrogens is 1590 g/mol. The van der Waals surface area contributed by atoms with Gasteiger partial charge in [-0.3, -0.25) is 0 Å². The van der Waals surface area contributed by atoms with E-state index < -0.39 is 0 Å². The maximum atomic E-state index is 2.63. The van der Waals surface area contributed by atoms with Gasteiger partial charge in [-0.2, -0.15) is 0 Å².